The molecule has 0 saturated heterocycles. The summed E-state index contributed by atoms with van der Waals surface area (Å²) in [7, 11) is 0. The molecule has 19 heavy (non-hydrogen) atoms. The molecule has 0 fully saturated rings. The van der Waals surface area contributed by atoms with Crippen LogP contribution in [0.2, 0.25) is 0 Å². The van der Waals surface area contributed by atoms with E-state index in [1.54, 1.807) is 0 Å². The third-order valence-corrected chi connectivity index (χ3v) is 2.10. The maximum atomic E-state index is 11.4. The molecule has 1 heterocycles. The Hall–Kier alpha value is -2.62. The summed E-state index contributed by atoms with van der Waals surface area (Å²) in [5.74, 6) is 2.34. The second-order valence-corrected chi connectivity index (χ2v) is 3.69. The summed E-state index contributed by atoms with van der Waals surface area (Å²) >= 11 is 0. The average Bonchev–Trinajstić information content (AvgIpc) is 2.35. The van der Waals surface area contributed by atoms with E-state index in [9.17, 15) is 14.4 Å². The fourth-order valence-electron chi connectivity index (χ4n) is 1.23. The van der Waals surface area contributed by atoms with E-state index in [1.807, 2.05) is 0 Å². The molecule has 1 amide bonds. The maximum absolute atomic E-state index is 11.4. The number of ether oxygens (including phenoxy) is 1. The van der Waals surface area contributed by atoms with Crippen LogP contribution in [0.4, 0.5) is 10.6 Å². The van der Waals surface area contributed by atoms with Crippen molar-refractivity contribution in [3.8, 4) is 12.3 Å². The van der Waals surface area contributed by atoms with E-state index >= 15 is 0 Å². The summed E-state index contributed by atoms with van der Waals surface area (Å²) in [6.45, 7) is 1.56. The van der Waals surface area contributed by atoms with Crippen LogP contribution in [0.1, 0.15) is 25.3 Å². The summed E-state index contributed by atoms with van der Waals surface area (Å²) in [5.41, 5.74) is -0.397. The highest BCUT2D eigenvalue weighted by atomic mass is 16.5. The molecule has 0 aliphatic carbocycles. The number of rotatable bonds is 5. The minimum Gasteiger partial charge on any atom is -0.449 e. The topological polar surface area (TPSA) is 101 Å². The van der Waals surface area contributed by atoms with E-state index in [1.165, 1.54) is 13.1 Å². The Morgan fingerprint density at radius 1 is 1.58 bits per heavy atom. The maximum Gasteiger partial charge on any atom is 0.412 e. The monoisotopic (exact) mass is 263 g/mol. The Bertz CT molecular complexity index is 571. The molecule has 0 bridgehead atoms. The van der Waals surface area contributed by atoms with Gasteiger partial charge in [0, 0.05) is 6.42 Å². The van der Waals surface area contributed by atoms with Crippen molar-refractivity contribution in [2.45, 2.75) is 19.8 Å². The second-order valence-electron chi connectivity index (χ2n) is 3.69. The van der Waals surface area contributed by atoms with Crippen molar-refractivity contribution in [2.75, 3.05) is 11.9 Å². The van der Waals surface area contributed by atoms with Crippen LogP contribution in [0, 0.1) is 12.3 Å². The number of amides is 1. The fourth-order valence-corrected chi connectivity index (χ4v) is 1.23. The number of anilines is 1. The third kappa shape index (κ3) is 5.04. The predicted molar refractivity (Wildman–Crippen MR) is 67.7 cm³/mol. The summed E-state index contributed by atoms with van der Waals surface area (Å²) in [4.78, 5) is 38.8. The van der Waals surface area contributed by atoms with Crippen LogP contribution in [0.5, 0.6) is 0 Å². The van der Waals surface area contributed by atoms with Crippen LogP contribution in [0.25, 0.3) is 0 Å². The molecule has 0 saturated carbocycles. The Kier molecular flexibility index (Phi) is 5.29. The Balaban J connectivity index is 2.53. The number of H-pyrrole nitrogens is 1. The highest BCUT2D eigenvalue weighted by Gasteiger charge is 2.08. The first-order valence-corrected chi connectivity index (χ1v) is 5.52. The van der Waals surface area contributed by atoms with Gasteiger partial charge in [0.1, 0.15) is 11.6 Å². The van der Waals surface area contributed by atoms with Gasteiger partial charge in [-0.15, -0.1) is 6.42 Å². The molecule has 7 heteroatoms. The molecule has 2 N–H and O–H groups in total. The zero-order chi connectivity index (χ0) is 14.3. The van der Waals surface area contributed by atoms with Crippen LogP contribution < -0.4 is 11.0 Å². The number of Topliss-reactive ketones (excluding diaryl/α,β-unsaturated/α-hetero) is 1. The lowest BCUT2D eigenvalue weighted by Crippen LogP contribution is -2.20. The lowest BCUT2D eigenvalue weighted by atomic mass is 10.2. The fraction of sp³-hybridized carbons (Fsp3) is 0.333. The standard InChI is InChI=1S/C12H13N3O4/c1-3-9-7-13-11(17)14-10(9)15-12(18)19-6-4-5-8(2)16/h1,7H,4-6H2,2H3,(H2,13,14,15,17,18). The number of carbonyl (C=O) groups excluding carboxylic acids is 2. The van der Waals surface area contributed by atoms with Gasteiger partial charge in [0.05, 0.1) is 18.4 Å². The van der Waals surface area contributed by atoms with E-state index in [0.29, 0.717) is 12.8 Å². The van der Waals surface area contributed by atoms with Gasteiger partial charge >= 0.3 is 11.8 Å². The second kappa shape index (κ2) is 6.96. The van der Waals surface area contributed by atoms with Gasteiger partial charge in [-0.05, 0) is 13.3 Å². The normalized spacial score (nSPS) is 9.47. The first kappa shape index (κ1) is 14.4. The van der Waals surface area contributed by atoms with Gasteiger partial charge in [-0.1, -0.05) is 5.92 Å². The molecule has 0 unspecified atom stereocenters. The zero-order valence-corrected chi connectivity index (χ0v) is 10.4. The number of aromatic amines is 1. The van der Waals surface area contributed by atoms with Crippen molar-refractivity contribution in [2.24, 2.45) is 0 Å². The van der Waals surface area contributed by atoms with Crippen LogP contribution in [-0.4, -0.2) is 28.5 Å². The summed E-state index contributed by atoms with van der Waals surface area (Å²) < 4.78 is 4.82. The van der Waals surface area contributed by atoms with Gasteiger partial charge in [0.2, 0.25) is 0 Å². The van der Waals surface area contributed by atoms with Crippen molar-refractivity contribution in [3.63, 3.8) is 0 Å². The van der Waals surface area contributed by atoms with Gasteiger partial charge in [-0.2, -0.15) is 0 Å². The van der Waals surface area contributed by atoms with E-state index < -0.39 is 11.8 Å². The summed E-state index contributed by atoms with van der Waals surface area (Å²) in [6, 6.07) is 0. The largest absolute Gasteiger partial charge is 0.449 e. The van der Waals surface area contributed by atoms with Crippen molar-refractivity contribution in [1.29, 1.82) is 0 Å². The van der Waals surface area contributed by atoms with Gasteiger partial charge in [0.15, 0.2) is 0 Å². The van der Waals surface area contributed by atoms with Gasteiger partial charge in [-0.25, -0.2) is 14.6 Å². The minimum absolute atomic E-state index is 0.0251. The molecule has 0 spiro atoms. The number of hydrogen-bond donors (Lipinski definition) is 2. The number of nitrogens with one attached hydrogen (secondary N) is 2. The van der Waals surface area contributed by atoms with Crippen molar-refractivity contribution < 1.29 is 14.3 Å². The number of ketones is 1. The molecule has 0 aliphatic heterocycles. The quantitative estimate of drug-likeness (QED) is 0.600. The molecule has 0 aromatic carbocycles. The molecule has 0 atom stereocenters. The number of nitrogens with zero attached hydrogens (tertiary/aromatic N) is 1. The van der Waals surface area contributed by atoms with Gasteiger partial charge in [0.25, 0.3) is 0 Å². The molecule has 100 valence electrons. The predicted octanol–water partition coefficient (Wildman–Crippen LogP) is 0.669. The number of carbonyl (C=O) groups is 2. The molecule has 0 radical (unpaired) electrons. The van der Waals surface area contributed by atoms with E-state index in [2.05, 4.69) is 21.2 Å². The average molecular weight is 263 g/mol. The Labute approximate surface area is 109 Å². The first-order chi connectivity index (χ1) is 9.02. The van der Waals surface area contributed by atoms with Crippen LogP contribution >= 0.6 is 0 Å². The SMILES string of the molecule is C#Cc1cnc(=O)[nH]c1NC(=O)OCCCC(C)=O. The molecule has 0 aliphatic rings. The summed E-state index contributed by atoms with van der Waals surface area (Å²) in [5, 5.41) is 2.31. The van der Waals surface area contributed by atoms with Crippen molar-refractivity contribution in [3.05, 3.63) is 22.2 Å². The number of terminal acetylenes is 1. The van der Waals surface area contributed by atoms with Crippen LogP contribution in [-0.2, 0) is 9.53 Å². The van der Waals surface area contributed by atoms with E-state index in [4.69, 9.17) is 11.2 Å². The minimum atomic E-state index is -0.762. The summed E-state index contributed by atoms with van der Waals surface area (Å²) in [6.07, 6.45) is 6.38. The Morgan fingerprint density at radius 2 is 2.32 bits per heavy atom. The van der Waals surface area contributed by atoms with Gasteiger partial charge in [-0.3, -0.25) is 10.3 Å². The van der Waals surface area contributed by atoms with Crippen LogP contribution in [0.3, 0.4) is 0 Å². The van der Waals surface area contributed by atoms with E-state index in [0.717, 1.165) is 0 Å². The highest BCUT2D eigenvalue weighted by Crippen LogP contribution is 2.06. The zero-order valence-electron chi connectivity index (χ0n) is 10.4. The third-order valence-electron chi connectivity index (χ3n) is 2.10. The molecule has 7 nitrogen and oxygen atoms in total. The van der Waals surface area contributed by atoms with Gasteiger partial charge < -0.3 is 9.53 Å². The van der Waals surface area contributed by atoms with Crippen LogP contribution in [0.15, 0.2) is 11.0 Å². The molecular formula is C12H13N3O4. The molecule has 1 rings (SSSR count). The first-order valence-electron chi connectivity index (χ1n) is 5.52. The smallest absolute Gasteiger partial charge is 0.412 e. The molecule has 1 aromatic heterocycles. The van der Waals surface area contributed by atoms with Crippen molar-refractivity contribution >= 4 is 17.7 Å². The molecular weight excluding hydrogens is 250 g/mol. The van der Waals surface area contributed by atoms with E-state index in [-0.39, 0.29) is 23.8 Å². The highest BCUT2D eigenvalue weighted by molar-refractivity contribution is 5.84. The lowest BCUT2D eigenvalue weighted by molar-refractivity contribution is -0.117. The number of aromatic nitrogens is 2. The van der Waals surface area contributed by atoms with Crippen molar-refractivity contribution in [1.82, 2.24) is 9.97 Å². The lowest BCUT2D eigenvalue weighted by Gasteiger charge is -2.07. The molecule has 1 aromatic rings. The number of hydrogen-bond acceptors (Lipinski definition) is 5. The Morgan fingerprint density at radius 3 is 2.95 bits per heavy atom.